The minimum Gasteiger partial charge on any atom is -0.387 e. The third kappa shape index (κ3) is 59.7. The van der Waals surface area contributed by atoms with E-state index in [0.717, 1.165) is 51.4 Å². The van der Waals surface area contributed by atoms with E-state index >= 15 is 0 Å². The van der Waals surface area contributed by atoms with E-state index in [-0.39, 0.29) is 19.1 Å². The van der Waals surface area contributed by atoms with Crippen molar-refractivity contribution in [3.63, 3.8) is 0 Å². The molecule has 0 spiro atoms. The van der Waals surface area contributed by atoms with Gasteiger partial charge in [-0.2, -0.15) is 0 Å². The Balaban J connectivity index is 4.16. The number of rotatable bonds is 59. The molecular weight excluding hydrogens is 948 g/mol. The van der Waals surface area contributed by atoms with Gasteiger partial charge in [-0.1, -0.05) is 280 Å². The maximum Gasteiger partial charge on any atom is 0.472 e. The molecule has 0 radical (unpaired) electrons. The molecule has 9 heteroatoms. The Kier molecular flexibility index (Phi) is 55.5. The first-order chi connectivity index (χ1) is 36.5. The number of carbonyl (C=O) groups excluding carboxylic acids is 1. The Labute approximate surface area is 466 Å². The van der Waals surface area contributed by atoms with Crippen molar-refractivity contribution in [2.45, 2.75) is 315 Å². The first-order valence-corrected chi connectivity index (χ1v) is 33.7. The van der Waals surface area contributed by atoms with Crippen molar-refractivity contribution in [1.82, 2.24) is 5.32 Å². The van der Waals surface area contributed by atoms with Crippen LogP contribution in [0.1, 0.15) is 303 Å². The molecule has 8 nitrogen and oxygen atoms in total. The van der Waals surface area contributed by atoms with Gasteiger partial charge in [0, 0.05) is 6.42 Å². The fourth-order valence-corrected chi connectivity index (χ4v) is 10.1. The summed E-state index contributed by atoms with van der Waals surface area (Å²) in [6, 6.07) is -0.872. The summed E-state index contributed by atoms with van der Waals surface area (Å²) in [5.41, 5.74) is 0. The van der Waals surface area contributed by atoms with Crippen molar-refractivity contribution in [3.05, 3.63) is 60.8 Å². The van der Waals surface area contributed by atoms with Crippen LogP contribution in [0.3, 0.4) is 0 Å². The van der Waals surface area contributed by atoms with Gasteiger partial charge in [0.05, 0.1) is 39.9 Å². The van der Waals surface area contributed by atoms with E-state index in [0.29, 0.717) is 17.4 Å². The first kappa shape index (κ1) is 73.2. The van der Waals surface area contributed by atoms with Crippen LogP contribution in [0.2, 0.25) is 0 Å². The quantitative estimate of drug-likeness (QED) is 0.0243. The molecule has 0 saturated carbocycles. The lowest BCUT2D eigenvalue weighted by atomic mass is 10.0. The van der Waals surface area contributed by atoms with Crippen LogP contribution in [-0.4, -0.2) is 73.4 Å². The number of amides is 1. The van der Waals surface area contributed by atoms with E-state index in [1.807, 2.05) is 27.2 Å². The Morgan fingerprint density at radius 1 is 0.453 bits per heavy atom. The van der Waals surface area contributed by atoms with Gasteiger partial charge in [-0.15, -0.1) is 0 Å². The van der Waals surface area contributed by atoms with Gasteiger partial charge in [-0.05, 0) is 77.0 Å². The molecule has 0 fully saturated rings. The van der Waals surface area contributed by atoms with Crippen LogP contribution in [-0.2, 0) is 18.4 Å². The number of nitrogens with zero attached hydrogens (tertiary/aromatic N) is 1. The highest BCUT2D eigenvalue weighted by Gasteiger charge is 2.27. The molecule has 0 aromatic heterocycles. The molecule has 0 bridgehead atoms. The number of phosphoric ester groups is 1. The Morgan fingerprint density at radius 2 is 0.773 bits per heavy atom. The van der Waals surface area contributed by atoms with Gasteiger partial charge < -0.3 is 19.8 Å². The summed E-state index contributed by atoms with van der Waals surface area (Å²) in [6.45, 7) is 4.82. The Bertz CT molecular complexity index is 1400. The van der Waals surface area contributed by atoms with E-state index < -0.39 is 20.0 Å². The van der Waals surface area contributed by atoms with E-state index in [1.54, 1.807) is 6.08 Å². The Morgan fingerprint density at radius 3 is 1.15 bits per heavy atom. The first-order valence-electron chi connectivity index (χ1n) is 32.2. The lowest BCUT2D eigenvalue weighted by Gasteiger charge is -2.25. The van der Waals surface area contributed by atoms with Crippen molar-refractivity contribution in [1.29, 1.82) is 0 Å². The highest BCUT2D eigenvalue weighted by Crippen LogP contribution is 2.43. The minimum atomic E-state index is -4.36. The largest absolute Gasteiger partial charge is 0.472 e. The second kappa shape index (κ2) is 56.9. The number of likely N-dealkylation sites (N-methyl/N-ethyl adjacent to an activating group) is 1. The molecule has 0 aliphatic heterocycles. The van der Waals surface area contributed by atoms with Crippen molar-refractivity contribution in [2.24, 2.45) is 0 Å². The van der Waals surface area contributed by atoms with E-state index in [1.165, 1.54) is 231 Å². The summed E-state index contributed by atoms with van der Waals surface area (Å²) in [5, 5.41) is 13.9. The number of quaternary nitrogens is 1. The number of phosphoric acid groups is 1. The normalized spacial score (nSPS) is 14.2. The molecule has 0 heterocycles. The van der Waals surface area contributed by atoms with Gasteiger partial charge in [0.1, 0.15) is 13.2 Å². The van der Waals surface area contributed by atoms with Crippen LogP contribution in [0, 0.1) is 0 Å². The summed E-state index contributed by atoms with van der Waals surface area (Å²) in [6.07, 6.45) is 77.8. The molecule has 3 atom stereocenters. The second-order valence-corrected chi connectivity index (χ2v) is 24.6. The maximum atomic E-state index is 13.0. The van der Waals surface area contributed by atoms with E-state index in [9.17, 15) is 19.4 Å². The van der Waals surface area contributed by atoms with Gasteiger partial charge in [-0.25, -0.2) is 4.57 Å². The third-order valence-corrected chi connectivity index (χ3v) is 15.4. The number of unbranched alkanes of at least 4 members (excludes halogenated alkanes) is 38. The molecule has 75 heavy (non-hydrogen) atoms. The summed E-state index contributed by atoms with van der Waals surface area (Å²) < 4.78 is 23.7. The fourth-order valence-electron chi connectivity index (χ4n) is 9.40. The minimum absolute atomic E-state index is 0.0527. The number of hydrogen-bond donors (Lipinski definition) is 3. The SMILES string of the molecule is CCCCCCCCCCC/C=C\C/C=C\CCCCCCCCCCCCCCCCCC(=O)NC(COP(=O)(O)OCC[N+](C)(C)C)C(O)/C=C/CC/C=C/CC/C=C/CCCCCCCCCCCCCC. The number of allylic oxidation sites excluding steroid dienone is 9. The zero-order chi connectivity index (χ0) is 54.9. The number of hydrogen-bond acceptors (Lipinski definition) is 5. The standard InChI is InChI=1S/C66H125N2O6P/c1-6-8-10-12-14-16-18-20-22-24-26-28-30-31-32-33-34-35-36-37-38-40-42-44-46-48-50-52-54-56-58-60-66(70)67-64(63-74-75(71,72)73-62-61-68(3,4)5)65(69)59-57-55-53-51-49-47-45-43-41-39-29-27-25-23-21-19-17-15-13-11-9-7-2/h26,28,31-32,41,43,49,51,57,59,64-65,69H,6-25,27,29-30,33-40,42,44-48,50,52-56,58,60-63H2,1-5H3,(H-,67,70,71,72)/p+1/b28-26-,32-31-,43-41+,51-49+,59-57+. The monoisotopic (exact) mass is 1070 g/mol. The molecule has 440 valence electrons. The zero-order valence-electron chi connectivity index (χ0n) is 50.3. The number of aliphatic hydroxyl groups excluding tert-OH is 1. The van der Waals surface area contributed by atoms with E-state index in [2.05, 4.69) is 67.8 Å². The number of nitrogens with one attached hydrogen (secondary N) is 1. The highest BCUT2D eigenvalue weighted by atomic mass is 31.2. The van der Waals surface area contributed by atoms with Crippen molar-refractivity contribution in [2.75, 3.05) is 40.9 Å². The van der Waals surface area contributed by atoms with Crippen molar-refractivity contribution < 1.29 is 32.9 Å². The summed E-state index contributed by atoms with van der Waals surface area (Å²) in [5.74, 6) is -0.189. The van der Waals surface area contributed by atoms with Crippen LogP contribution in [0.4, 0.5) is 0 Å². The lowest BCUT2D eigenvalue weighted by Crippen LogP contribution is -2.45. The third-order valence-electron chi connectivity index (χ3n) is 14.4. The van der Waals surface area contributed by atoms with Gasteiger partial charge in [-0.3, -0.25) is 13.8 Å². The van der Waals surface area contributed by atoms with E-state index in [4.69, 9.17) is 9.05 Å². The molecular formula is C66H126N2O6P+. The molecule has 1 amide bonds. The van der Waals surface area contributed by atoms with Crippen molar-refractivity contribution in [3.8, 4) is 0 Å². The van der Waals surface area contributed by atoms with Gasteiger partial charge in [0.2, 0.25) is 5.91 Å². The van der Waals surface area contributed by atoms with Crippen LogP contribution >= 0.6 is 7.82 Å². The molecule has 0 aromatic rings. The van der Waals surface area contributed by atoms with Gasteiger partial charge in [0.15, 0.2) is 0 Å². The van der Waals surface area contributed by atoms with Gasteiger partial charge >= 0.3 is 7.82 Å². The number of carbonyl (C=O) groups is 1. The maximum absolute atomic E-state index is 13.0. The molecule has 0 aliphatic rings. The van der Waals surface area contributed by atoms with Crippen LogP contribution in [0.5, 0.6) is 0 Å². The predicted molar refractivity (Wildman–Crippen MR) is 327 cm³/mol. The topological polar surface area (TPSA) is 105 Å². The van der Waals surface area contributed by atoms with Crippen LogP contribution < -0.4 is 5.32 Å². The summed E-state index contributed by atoms with van der Waals surface area (Å²) >= 11 is 0. The highest BCUT2D eigenvalue weighted by molar-refractivity contribution is 7.47. The smallest absolute Gasteiger partial charge is 0.387 e. The molecule has 3 unspecified atom stereocenters. The zero-order valence-corrected chi connectivity index (χ0v) is 51.2. The summed E-state index contributed by atoms with van der Waals surface area (Å²) in [7, 11) is 1.55. The molecule has 0 saturated heterocycles. The molecule has 0 aliphatic carbocycles. The molecule has 0 aromatic carbocycles. The lowest BCUT2D eigenvalue weighted by molar-refractivity contribution is -0.870. The van der Waals surface area contributed by atoms with Crippen LogP contribution in [0.25, 0.3) is 0 Å². The fraction of sp³-hybridized carbons (Fsp3) is 0.833. The molecule has 0 rings (SSSR count). The Hall–Kier alpha value is -1.80. The van der Waals surface area contributed by atoms with Crippen LogP contribution in [0.15, 0.2) is 60.8 Å². The van der Waals surface area contributed by atoms with Crippen molar-refractivity contribution >= 4 is 13.7 Å². The second-order valence-electron chi connectivity index (χ2n) is 23.1. The average Bonchev–Trinajstić information content (AvgIpc) is 3.37. The predicted octanol–water partition coefficient (Wildman–Crippen LogP) is 20.0. The summed E-state index contributed by atoms with van der Waals surface area (Å²) in [4.78, 5) is 23.4. The number of aliphatic hydroxyl groups is 1. The van der Waals surface area contributed by atoms with Gasteiger partial charge in [0.25, 0.3) is 0 Å². The molecule has 3 N–H and O–H groups in total. The average molecular weight is 1070 g/mol.